The van der Waals surface area contributed by atoms with Crippen molar-refractivity contribution in [3.8, 4) is 5.75 Å². The normalized spacial score (nSPS) is 14.1. The van der Waals surface area contributed by atoms with Crippen LogP contribution in [0.25, 0.3) is 11.0 Å². The summed E-state index contributed by atoms with van der Waals surface area (Å²) in [6, 6.07) is 16.4. The van der Waals surface area contributed by atoms with Crippen molar-refractivity contribution in [2.45, 2.75) is 18.4 Å². The van der Waals surface area contributed by atoms with Gasteiger partial charge >= 0.3 is 0 Å². The second-order valence-electron chi connectivity index (χ2n) is 8.05. The van der Waals surface area contributed by atoms with E-state index in [0.29, 0.717) is 29.1 Å². The molecule has 9 heteroatoms. The van der Waals surface area contributed by atoms with Gasteiger partial charge in [0, 0.05) is 5.69 Å². The molecule has 9 nitrogen and oxygen atoms in total. The smallest absolute Gasteiger partial charge is 0.250 e. The van der Waals surface area contributed by atoms with E-state index in [4.69, 9.17) is 10.8 Å². The molecule has 0 spiro atoms. The van der Waals surface area contributed by atoms with E-state index in [9.17, 15) is 9.90 Å². The Hall–Kier alpha value is -4.40. The molecule has 2 heterocycles. The Balaban J connectivity index is 1.58. The molecule has 5 rings (SSSR count). The highest BCUT2D eigenvalue weighted by atomic mass is 16.3. The molecule has 4 aromatic rings. The van der Waals surface area contributed by atoms with Crippen LogP contribution < -0.4 is 16.0 Å². The summed E-state index contributed by atoms with van der Waals surface area (Å²) < 4.78 is 1.83. The number of nitrogens with two attached hydrogens (primary N) is 1. The second kappa shape index (κ2) is 7.94. The zero-order chi connectivity index (χ0) is 23.0. The average molecular weight is 441 g/mol. The predicted octanol–water partition coefficient (Wildman–Crippen LogP) is 3.57. The maximum absolute atomic E-state index is 12.7. The number of phenolic OH excluding ortho intramolecular Hbond substituents is 1. The van der Waals surface area contributed by atoms with Crippen molar-refractivity contribution >= 4 is 40.0 Å². The summed E-state index contributed by atoms with van der Waals surface area (Å²) in [7, 11) is 0. The SMILES string of the molecule is C=CC(=O)N(CC1(n2nc(Nc3ccccc3O)c3c(N)ncnc32)CC1)c1ccccc1. The summed E-state index contributed by atoms with van der Waals surface area (Å²) >= 11 is 0. The molecule has 1 aliphatic rings. The van der Waals surface area contributed by atoms with Gasteiger partial charge in [0.05, 0.1) is 17.8 Å². The molecular formula is C24H23N7O2. The number of carbonyl (C=O) groups excluding carboxylic acids is 1. The van der Waals surface area contributed by atoms with E-state index >= 15 is 0 Å². The highest BCUT2D eigenvalue weighted by Crippen LogP contribution is 2.47. The van der Waals surface area contributed by atoms with Gasteiger partial charge in [-0.3, -0.25) is 4.79 Å². The monoisotopic (exact) mass is 441 g/mol. The third-order valence-electron chi connectivity index (χ3n) is 5.89. The lowest BCUT2D eigenvalue weighted by Crippen LogP contribution is -2.39. The van der Waals surface area contributed by atoms with Crippen molar-refractivity contribution in [1.29, 1.82) is 0 Å². The van der Waals surface area contributed by atoms with Crippen LogP contribution >= 0.6 is 0 Å². The van der Waals surface area contributed by atoms with Crippen LogP contribution in [-0.2, 0) is 10.3 Å². The number of carbonyl (C=O) groups is 1. The minimum atomic E-state index is -0.452. The lowest BCUT2D eigenvalue weighted by molar-refractivity contribution is -0.114. The molecule has 1 saturated carbocycles. The number of hydrogen-bond acceptors (Lipinski definition) is 7. The first kappa shape index (κ1) is 20.5. The highest BCUT2D eigenvalue weighted by molar-refractivity contribution is 6.01. The van der Waals surface area contributed by atoms with Crippen LogP contribution in [0.3, 0.4) is 0 Å². The molecule has 0 atom stereocenters. The lowest BCUT2D eigenvalue weighted by atomic mass is 10.2. The van der Waals surface area contributed by atoms with E-state index in [2.05, 4.69) is 21.9 Å². The third-order valence-corrected chi connectivity index (χ3v) is 5.89. The predicted molar refractivity (Wildman–Crippen MR) is 127 cm³/mol. The maximum Gasteiger partial charge on any atom is 0.250 e. The number of phenols is 1. The van der Waals surface area contributed by atoms with Crippen LogP contribution in [-0.4, -0.2) is 37.3 Å². The van der Waals surface area contributed by atoms with Crippen molar-refractivity contribution in [1.82, 2.24) is 19.7 Å². The van der Waals surface area contributed by atoms with Crippen LogP contribution in [0.15, 0.2) is 73.6 Å². The van der Waals surface area contributed by atoms with Crippen molar-refractivity contribution in [3.63, 3.8) is 0 Å². The Morgan fingerprint density at radius 1 is 1.18 bits per heavy atom. The standard InChI is InChI=1S/C24H23N7O2/c1-2-19(33)30(16-8-4-3-5-9-16)14-24(12-13-24)31-23-20(21(25)26-15-27-23)22(29-31)28-17-10-6-7-11-18(17)32/h2-11,15,32H,1,12-14H2,(H,28,29)(H2,25,26,27). The molecule has 166 valence electrons. The molecule has 2 aromatic heterocycles. The Morgan fingerprint density at radius 3 is 2.61 bits per heavy atom. The Morgan fingerprint density at radius 2 is 1.91 bits per heavy atom. The number of nitrogens with zero attached hydrogens (tertiary/aromatic N) is 5. The fraction of sp³-hybridized carbons (Fsp3) is 0.167. The number of aromatic hydroxyl groups is 1. The van der Waals surface area contributed by atoms with Gasteiger partial charge < -0.3 is 21.1 Å². The number of anilines is 4. The summed E-state index contributed by atoms with van der Waals surface area (Å²) in [5.74, 6) is 0.619. The van der Waals surface area contributed by atoms with Crippen LogP contribution in [0.2, 0.25) is 0 Å². The Bertz CT molecular complexity index is 1350. The molecule has 0 radical (unpaired) electrons. The number of benzene rings is 2. The minimum Gasteiger partial charge on any atom is -0.506 e. The lowest BCUT2D eigenvalue weighted by Gasteiger charge is -2.27. The van der Waals surface area contributed by atoms with E-state index in [1.807, 2.05) is 41.1 Å². The molecule has 0 aliphatic heterocycles. The van der Waals surface area contributed by atoms with E-state index in [-0.39, 0.29) is 17.5 Å². The molecule has 4 N–H and O–H groups in total. The largest absolute Gasteiger partial charge is 0.506 e. The van der Waals surface area contributed by atoms with Gasteiger partial charge in [-0.15, -0.1) is 0 Å². The maximum atomic E-state index is 12.7. The van der Waals surface area contributed by atoms with E-state index < -0.39 is 5.54 Å². The van der Waals surface area contributed by atoms with Gasteiger partial charge in [0.25, 0.3) is 0 Å². The van der Waals surface area contributed by atoms with Gasteiger partial charge in [-0.2, -0.15) is 5.10 Å². The molecule has 2 aromatic carbocycles. The van der Waals surface area contributed by atoms with Gasteiger partial charge in [-0.25, -0.2) is 14.6 Å². The zero-order valence-corrected chi connectivity index (χ0v) is 17.8. The molecule has 1 aliphatic carbocycles. The molecule has 33 heavy (non-hydrogen) atoms. The van der Waals surface area contributed by atoms with Crippen molar-refractivity contribution in [2.24, 2.45) is 0 Å². The highest BCUT2D eigenvalue weighted by Gasteiger charge is 2.49. The van der Waals surface area contributed by atoms with Gasteiger partial charge in [0.15, 0.2) is 11.5 Å². The topological polar surface area (TPSA) is 122 Å². The number of para-hydroxylation sites is 3. The molecule has 0 unspecified atom stereocenters. The number of amides is 1. The van der Waals surface area contributed by atoms with Crippen LogP contribution in [0.4, 0.5) is 23.0 Å². The first-order chi connectivity index (χ1) is 16.0. The quantitative estimate of drug-likeness (QED) is 0.296. The molecular weight excluding hydrogens is 418 g/mol. The number of fused-ring (bicyclic) bond motifs is 1. The van der Waals surface area contributed by atoms with Crippen LogP contribution in [0, 0.1) is 0 Å². The van der Waals surface area contributed by atoms with Crippen LogP contribution in [0.1, 0.15) is 12.8 Å². The van der Waals surface area contributed by atoms with Gasteiger partial charge in [0.2, 0.25) is 5.91 Å². The van der Waals surface area contributed by atoms with Gasteiger partial charge in [-0.05, 0) is 43.2 Å². The first-order valence-electron chi connectivity index (χ1n) is 10.6. The number of aromatic nitrogens is 4. The van der Waals surface area contributed by atoms with Crippen molar-refractivity contribution in [3.05, 3.63) is 73.6 Å². The summed E-state index contributed by atoms with van der Waals surface area (Å²) in [5.41, 5.74) is 7.59. The number of nitrogens with one attached hydrogen (secondary N) is 1. The Labute approximate surface area is 190 Å². The number of nitrogen functional groups attached to an aromatic ring is 1. The summed E-state index contributed by atoms with van der Waals surface area (Å²) in [6.07, 6.45) is 4.35. The first-order valence-corrected chi connectivity index (χ1v) is 10.6. The fourth-order valence-corrected chi connectivity index (χ4v) is 3.99. The van der Waals surface area contributed by atoms with Crippen molar-refractivity contribution < 1.29 is 9.90 Å². The summed E-state index contributed by atoms with van der Waals surface area (Å²) in [4.78, 5) is 23.0. The zero-order valence-electron chi connectivity index (χ0n) is 17.8. The van der Waals surface area contributed by atoms with Crippen LogP contribution in [0.5, 0.6) is 5.75 Å². The molecule has 1 amide bonds. The summed E-state index contributed by atoms with van der Waals surface area (Å²) in [5, 5.41) is 18.7. The third kappa shape index (κ3) is 3.63. The van der Waals surface area contributed by atoms with E-state index in [0.717, 1.165) is 18.5 Å². The number of hydrogen-bond donors (Lipinski definition) is 3. The molecule has 1 fully saturated rings. The molecule has 0 bridgehead atoms. The average Bonchev–Trinajstić information content (AvgIpc) is 3.52. The number of rotatable bonds is 7. The minimum absolute atomic E-state index is 0.0867. The second-order valence-corrected chi connectivity index (χ2v) is 8.05. The molecule has 0 saturated heterocycles. The Kier molecular flexibility index (Phi) is 4.93. The fourth-order valence-electron chi connectivity index (χ4n) is 3.99. The summed E-state index contributed by atoms with van der Waals surface area (Å²) in [6.45, 7) is 4.07. The van der Waals surface area contributed by atoms with E-state index in [1.54, 1.807) is 23.1 Å². The van der Waals surface area contributed by atoms with E-state index in [1.165, 1.54) is 12.4 Å². The van der Waals surface area contributed by atoms with Crippen molar-refractivity contribution in [2.75, 3.05) is 22.5 Å². The van der Waals surface area contributed by atoms with Gasteiger partial charge in [0.1, 0.15) is 23.3 Å². The van der Waals surface area contributed by atoms with Gasteiger partial charge in [-0.1, -0.05) is 36.9 Å².